The molecule has 1 fully saturated rings. The van der Waals surface area contributed by atoms with Gasteiger partial charge in [0.15, 0.2) is 0 Å². The molecule has 2 amide bonds. The van der Waals surface area contributed by atoms with Crippen LogP contribution in [0.3, 0.4) is 0 Å². The predicted molar refractivity (Wildman–Crippen MR) is 116 cm³/mol. The summed E-state index contributed by atoms with van der Waals surface area (Å²) in [6.07, 6.45) is 5.85. The van der Waals surface area contributed by atoms with Gasteiger partial charge in [-0.2, -0.15) is 0 Å². The van der Waals surface area contributed by atoms with Gasteiger partial charge in [0.05, 0.1) is 7.11 Å². The number of ether oxygens (including phenoxy) is 1. The lowest BCUT2D eigenvalue weighted by molar-refractivity contribution is -0.126. The minimum atomic E-state index is -0.664. The van der Waals surface area contributed by atoms with Crippen molar-refractivity contribution in [2.45, 2.75) is 50.5 Å². The van der Waals surface area contributed by atoms with Crippen molar-refractivity contribution < 1.29 is 14.3 Å². The van der Waals surface area contributed by atoms with Crippen molar-refractivity contribution >= 4 is 36.7 Å². The summed E-state index contributed by atoms with van der Waals surface area (Å²) in [6, 6.07) is 10.7. The average Bonchev–Trinajstić information content (AvgIpc) is 3.26. The largest absolute Gasteiger partial charge is 0.497 e. The molecule has 1 atom stereocenters. The van der Waals surface area contributed by atoms with Gasteiger partial charge in [-0.3, -0.25) is 14.5 Å². The standard InChI is InChI=1S/C21H27BN2O3S/c1-27-17-11-9-16(10-12-17)24(19(25)14-22)20(18-8-5-13-28-18)21(26)23-15-6-3-2-4-7-15/h5,8-13,15,20H,2-4,6-7,14,22H2,1H3,(H,23,26). The molecule has 28 heavy (non-hydrogen) atoms. The summed E-state index contributed by atoms with van der Waals surface area (Å²) < 4.78 is 5.24. The minimum absolute atomic E-state index is 0.0811. The van der Waals surface area contributed by atoms with Crippen LogP contribution >= 0.6 is 11.3 Å². The quantitative estimate of drug-likeness (QED) is 0.728. The molecule has 0 spiro atoms. The molecule has 1 saturated carbocycles. The summed E-state index contributed by atoms with van der Waals surface area (Å²) in [5.41, 5.74) is 0.699. The van der Waals surface area contributed by atoms with E-state index in [0.717, 1.165) is 30.6 Å². The highest BCUT2D eigenvalue weighted by molar-refractivity contribution is 7.10. The van der Waals surface area contributed by atoms with Gasteiger partial charge in [-0.05, 0) is 54.9 Å². The zero-order chi connectivity index (χ0) is 19.9. The van der Waals surface area contributed by atoms with Crippen LogP contribution in [0, 0.1) is 0 Å². The Balaban J connectivity index is 1.94. The van der Waals surface area contributed by atoms with Gasteiger partial charge in [0.25, 0.3) is 0 Å². The van der Waals surface area contributed by atoms with Crippen molar-refractivity contribution in [1.29, 1.82) is 0 Å². The van der Waals surface area contributed by atoms with Crippen molar-refractivity contribution in [1.82, 2.24) is 5.32 Å². The molecule has 1 N–H and O–H groups in total. The molecule has 1 aromatic heterocycles. The lowest BCUT2D eigenvalue weighted by Gasteiger charge is -2.32. The maximum atomic E-state index is 13.3. The zero-order valence-electron chi connectivity index (χ0n) is 16.5. The fraction of sp³-hybridized carbons (Fsp3) is 0.429. The molecule has 0 aliphatic heterocycles. The number of hydrogen-bond acceptors (Lipinski definition) is 4. The van der Waals surface area contributed by atoms with Crippen LogP contribution in [0.5, 0.6) is 5.75 Å². The average molecular weight is 398 g/mol. The van der Waals surface area contributed by atoms with Gasteiger partial charge in [-0.25, -0.2) is 0 Å². The molecule has 3 rings (SSSR count). The van der Waals surface area contributed by atoms with Gasteiger partial charge in [0.1, 0.15) is 19.6 Å². The summed E-state index contributed by atoms with van der Waals surface area (Å²) in [5.74, 6) is 0.529. The van der Waals surface area contributed by atoms with Gasteiger partial charge in [-0.15, -0.1) is 11.3 Å². The number of methoxy groups -OCH3 is 1. The summed E-state index contributed by atoms with van der Waals surface area (Å²) in [6.45, 7) is 0. The Bertz CT molecular complexity index is 773. The van der Waals surface area contributed by atoms with E-state index in [2.05, 4.69) is 5.32 Å². The van der Waals surface area contributed by atoms with E-state index >= 15 is 0 Å². The molecular formula is C21H27BN2O3S. The fourth-order valence-electron chi connectivity index (χ4n) is 3.70. The summed E-state index contributed by atoms with van der Waals surface area (Å²) in [5, 5.41) is 5.15. The second kappa shape index (κ2) is 9.78. The van der Waals surface area contributed by atoms with Crippen molar-refractivity contribution in [2.24, 2.45) is 0 Å². The number of rotatable bonds is 7. The van der Waals surface area contributed by atoms with Crippen LogP contribution in [0.1, 0.15) is 43.0 Å². The van der Waals surface area contributed by atoms with E-state index in [4.69, 9.17) is 4.74 Å². The first-order valence-electron chi connectivity index (χ1n) is 9.94. The van der Waals surface area contributed by atoms with Crippen LogP contribution in [0.2, 0.25) is 6.32 Å². The molecule has 0 radical (unpaired) electrons. The first kappa shape index (κ1) is 20.5. The first-order valence-corrected chi connectivity index (χ1v) is 10.8. The Morgan fingerprint density at radius 3 is 2.50 bits per heavy atom. The van der Waals surface area contributed by atoms with Crippen LogP contribution in [0.4, 0.5) is 5.69 Å². The molecule has 1 aliphatic carbocycles. The number of benzene rings is 1. The molecule has 1 heterocycles. The van der Waals surface area contributed by atoms with Crippen LogP contribution < -0.4 is 15.0 Å². The Hall–Kier alpha value is -2.28. The van der Waals surface area contributed by atoms with Crippen LogP contribution in [0.15, 0.2) is 41.8 Å². The van der Waals surface area contributed by atoms with Crippen LogP contribution in [0.25, 0.3) is 0 Å². The summed E-state index contributed by atoms with van der Waals surface area (Å²) >= 11 is 1.50. The molecule has 5 nitrogen and oxygen atoms in total. The first-order chi connectivity index (χ1) is 13.6. The van der Waals surface area contributed by atoms with Crippen molar-refractivity contribution in [3.63, 3.8) is 0 Å². The van der Waals surface area contributed by atoms with Gasteiger partial charge in [0, 0.05) is 16.6 Å². The SMILES string of the molecule is BCC(=O)N(c1ccc(OC)cc1)C(C(=O)NC1CCCCC1)c1cccs1. The molecule has 148 valence electrons. The number of carbonyl (C=O) groups is 2. The Morgan fingerprint density at radius 1 is 1.21 bits per heavy atom. The molecule has 1 unspecified atom stereocenters. The highest BCUT2D eigenvalue weighted by Gasteiger charge is 2.34. The minimum Gasteiger partial charge on any atom is -0.497 e. The van der Waals surface area contributed by atoms with E-state index in [0.29, 0.717) is 17.8 Å². The lowest BCUT2D eigenvalue weighted by Crippen LogP contribution is -2.47. The molecule has 0 saturated heterocycles. The molecule has 2 aromatic rings. The van der Waals surface area contributed by atoms with E-state index in [1.165, 1.54) is 17.8 Å². The number of carbonyl (C=O) groups excluding carboxylic acids is 2. The third-order valence-electron chi connectivity index (χ3n) is 5.19. The van der Waals surface area contributed by atoms with E-state index in [9.17, 15) is 9.59 Å². The van der Waals surface area contributed by atoms with Crippen LogP contribution in [-0.2, 0) is 9.59 Å². The summed E-state index contributed by atoms with van der Waals surface area (Å²) in [7, 11) is 3.43. The second-order valence-corrected chi connectivity index (χ2v) is 8.06. The van der Waals surface area contributed by atoms with E-state index < -0.39 is 6.04 Å². The number of amides is 2. The van der Waals surface area contributed by atoms with E-state index in [1.54, 1.807) is 12.0 Å². The van der Waals surface area contributed by atoms with Gasteiger partial charge >= 0.3 is 0 Å². The second-order valence-electron chi connectivity index (χ2n) is 7.08. The third kappa shape index (κ3) is 4.76. The Kier molecular flexibility index (Phi) is 7.15. The highest BCUT2D eigenvalue weighted by atomic mass is 32.1. The normalized spacial score (nSPS) is 15.6. The topological polar surface area (TPSA) is 58.6 Å². The number of anilines is 1. The summed E-state index contributed by atoms with van der Waals surface area (Å²) in [4.78, 5) is 28.8. The smallest absolute Gasteiger partial charge is 0.248 e. The predicted octanol–water partition coefficient (Wildman–Crippen LogP) is 3.33. The third-order valence-corrected chi connectivity index (χ3v) is 6.12. The fourth-order valence-corrected chi connectivity index (χ4v) is 4.51. The molecule has 0 bridgehead atoms. The zero-order valence-corrected chi connectivity index (χ0v) is 17.3. The maximum absolute atomic E-state index is 13.3. The number of nitrogens with one attached hydrogen (secondary N) is 1. The molecule has 1 aliphatic rings. The van der Waals surface area contributed by atoms with Gasteiger partial charge in [-0.1, -0.05) is 25.3 Å². The monoisotopic (exact) mass is 398 g/mol. The number of thiophene rings is 1. The van der Waals surface area contributed by atoms with Crippen molar-refractivity contribution in [3.8, 4) is 5.75 Å². The van der Waals surface area contributed by atoms with Crippen molar-refractivity contribution in [2.75, 3.05) is 12.0 Å². The highest BCUT2D eigenvalue weighted by Crippen LogP contribution is 2.32. The molecule has 7 heteroatoms. The lowest BCUT2D eigenvalue weighted by atomic mass is 9.95. The van der Waals surface area contributed by atoms with Crippen LogP contribution in [-0.4, -0.2) is 32.8 Å². The Morgan fingerprint density at radius 2 is 1.93 bits per heavy atom. The van der Waals surface area contributed by atoms with E-state index in [1.807, 2.05) is 49.6 Å². The van der Waals surface area contributed by atoms with Gasteiger partial charge < -0.3 is 10.1 Å². The van der Waals surface area contributed by atoms with Crippen molar-refractivity contribution in [3.05, 3.63) is 46.7 Å². The molecular weight excluding hydrogens is 371 g/mol. The number of nitrogens with zero attached hydrogens (tertiary/aromatic N) is 1. The maximum Gasteiger partial charge on any atom is 0.248 e. The number of hydrogen-bond donors (Lipinski definition) is 1. The van der Waals surface area contributed by atoms with E-state index in [-0.39, 0.29) is 17.9 Å². The molecule has 1 aromatic carbocycles. The Labute approximate surface area is 171 Å². The van der Waals surface area contributed by atoms with Gasteiger partial charge in [0.2, 0.25) is 11.8 Å².